The predicted octanol–water partition coefficient (Wildman–Crippen LogP) is 2.84. The quantitative estimate of drug-likeness (QED) is 0.806. The maximum absolute atomic E-state index is 12.2. The minimum Gasteiger partial charge on any atom is -0.323 e. The fourth-order valence-corrected chi connectivity index (χ4v) is 1.19. The molecule has 0 saturated carbocycles. The largest absolute Gasteiger partial charge is 0.416 e. The maximum Gasteiger partial charge on any atom is 0.416 e. The van der Waals surface area contributed by atoms with E-state index in [1.165, 1.54) is 0 Å². The van der Waals surface area contributed by atoms with Crippen molar-refractivity contribution in [2.45, 2.75) is 25.1 Å². The van der Waals surface area contributed by atoms with E-state index in [0.717, 1.165) is 24.3 Å². The fourth-order valence-electron chi connectivity index (χ4n) is 1.19. The van der Waals surface area contributed by atoms with Crippen LogP contribution in [0, 0.1) is 0 Å². The van der Waals surface area contributed by atoms with Crippen LogP contribution < -0.4 is 5.73 Å². The number of hydrogen-bond donors (Lipinski definition) is 1. The van der Waals surface area contributed by atoms with Crippen molar-refractivity contribution in [1.29, 1.82) is 0 Å². The molecule has 1 nitrogen and oxygen atoms in total. The molecule has 0 aliphatic heterocycles. The number of halogens is 5. The van der Waals surface area contributed by atoms with E-state index in [1.54, 1.807) is 0 Å². The molecule has 90 valence electrons. The molecule has 0 radical (unpaired) electrons. The van der Waals surface area contributed by atoms with Crippen molar-refractivity contribution in [3.05, 3.63) is 35.4 Å². The molecule has 6 heteroatoms. The second-order valence-electron chi connectivity index (χ2n) is 3.40. The van der Waals surface area contributed by atoms with Crippen LogP contribution in [0.15, 0.2) is 24.3 Å². The minimum atomic E-state index is -4.41. The summed E-state index contributed by atoms with van der Waals surface area (Å²) in [5.74, 6) is 0. The first kappa shape index (κ1) is 12.9. The van der Waals surface area contributed by atoms with Gasteiger partial charge in [-0.05, 0) is 24.1 Å². The molecule has 2 N–H and O–H groups in total. The standard InChI is InChI=1S/C10H10F5N/c11-9(12)8(16)5-6-1-3-7(4-2-6)10(13,14)15/h1-4,8-9H,5,16H2. The maximum atomic E-state index is 12.2. The lowest BCUT2D eigenvalue weighted by Gasteiger charge is -2.11. The molecule has 0 aromatic heterocycles. The molecular formula is C10H10F5N. The summed E-state index contributed by atoms with van der Waals surface area (Å²) < 4.78 is 60.7. The Hall–Kier alpha value is -1.17. The molecule has 16 heavy (non-hydrogen) atoms. The van der Waals surface area contributed by atoms with Crippen molar-refractivity contribution in [2.75, 3.05) is 0 Å². The summed E-state index contributed by atoms with van der Waals surface area (Å²) in [5, 5.41) is 0. The molecule has 1 aromatic rings. The monoisotopic (exact) mass is 239 g/mol. The first-order valence-electron chi connectivity index (χ1n) is 4.50. The van der Waals surface area contributed by atoms with Crippen LogP contribution >= 0.6 is 0 Å². The lowest BCUT2D eigenvalue weighted by molar-refractivity contribution is -0.137. The van der Waals surface area contributed by atoms with Crippen LogP contribution in [0.4, 0.5) is 22.0 Å². The molecule has 0 heterocycles. The molecule has 0 saturated heterocycles. The molecule has 0 aliphatic rings. The van der Waals surface area contributed by atoms with Crippen molar-refractivity contribution in [1.82, 2.24) is 0 Å². The molecular weight excluding hydrogens is 229 g/mol. The Morgan fingerprint density at radius 2 is 1.56 bits per heavy atom. The zero-order chi connectivity index (χ0) is 12.3. The first-order chi connectivity index (χ1) is 7.30. The zero-order valence-electron chi connectivity index (χ0n) is 8.14. The summed E-state index contributed by atoms with van der Waals surface area (Å²) in [6.45, 7) is 0. The highest BCUT2D eigenvalue weighted by Crippen LogP contribution is 2.29. The molecule has 1 aromatic carbocycles. The highest BCUT2D eigenvalue weighted by molar-refractivity contribution is 5.25. The Labute approximate surface area is 89.1 Å². The normalized spacial score (nSPS) is 14.2. The van der Waals surface area contributed by atoms with Gasteiger partial charge in [0.25, 0.3) is 6.43 Å². The van der Waals surface area contributed by atoms with Crippen LogP contribution in [-0.4, -0.2) is 12.5 Å². The summed E-state index contributed by atoms with van der Waals surface area (Å²) in [6, 6.07) is 2.67. The van der Waals surface area contributed by atoms with E-state index in [2.05, 4.69) is 0 Å². The number of alkyl halides is 5. The van der Waals surface area contributed by atoms with Crippen molar-refractivity contribution in [2.24, 2.45) is 5.73 Å². The summed E-state index contributed by atoms with van der Waals surface area (Å²) in [5.41, 5.74) is 4.66. The summed E-state index contributed by atoms with van der Waals surface area (Å²) >= 11 is 0. The Morgan fingerprint density at radius 1 is 1.06 bits per heavy atom. The smallest absolute Gasteiger partial charge is 0.323 e. The van der Waals surface area contributed by atoms with Crippen molar-refractivity contribution < 1.29 is 22.0 Å². The van der Waals surface area contributed by atoms with Gasteiger partial charge in [-0.2, -0.15) is 13.2 Å². The molecule has 0 spiro atoms. The van der Waals surface area contributed by atoms with Gasteiger partial charge in [0.15, 0.2) is 0 Å². The van der Waals surface area contributed by atoms with E-state index in [9.17, 15) is 22.0 Å². The van der Waals surface area contributed by atoms with Gasteiger partial charge in [-0.3, -0.25) is 0 Å². The highest BCUT2D eigenvalue weighted by atomic mass is 19.4. The second kappa shape index (κ2) is 4.78. The minimum absolute atomic E-state index is 0.143. The Balaban J connectivity index is 2.72. The van der Waals surface area contributed by atoms with E-state index in [0.29, 0.717) is 5.56 Å². The lowest BCUT2D eigenvalue weighted by atomic mass is 10.0. The van der Waals surface area contributed by atoms with Crippen LogP contribution in [0.3, 0.4) is 0 Å². The SMILES string of the molecule is NC(Cc1ccc(C(F)(F)F)cc1)C(F)F. The van der Waals surface area contributed by atoms with Gasteiger partial charge in [-0.25, -0.2) is 8.78 Å². The molecule has 0 amide bonds. The third kappa shape index (κ3) is 3.44. The Morgan fingerprint density at radius 3 is 1.94 bits per heavy atom. The van der Waals surface area contributed by atoms with Crippen molar-refractivity contribution in [3.63, 3.8) is 0 Å². The molecule has 0 bridgehead atoms. The number of benzene rings is 1. The van der Waals surface area contributed by atoms with Crippen molar-refractivity contribution >= 4 is 0 Å². The van der Waals surface area contributed by atoms with E-state index in [-0.39, 0.29) is 6.42 Å². The predicted molar refractivity (Wildman–Crippen MR) is 49.1 cm³/mol. The van der Waals surface area contributed by atoms with E-state index in [4.69, 9.17) is 5.73 Å². The van der Waals surface area contributed by atoms with Crippen LogP contribution in [-0.2, 0) is 12.6 Å². The zero-order valence-corrected chi connectivity index (χ0v) is 8.14. The third-order valence-corrected chi connectivity index (χ3v) is 2.08. The second-order valence-corrected chi connectivity index (χ2v) is 3.40. The lowest BCUT2D eigenvalue weighted by Crippen LogP contribution is -2.30. The van der Waals surface area contributed by atoms with Gasteiger partial charge < -0.3 is 5.73 Å². The summed E-state index contributed by atoms with van der Waals surface area (Å²) in [4.78, 5) is 0. The van der Waals surface area contributed by atoms with Gasteiger partial charge in [-0.1, -0.05) is 12.1 Å². The van der Waals surface area contributed by atoms with Gasteiger partial charge >= 0.3 is 6.18 Å². The molecule has 1 atom stereocenters. The van der Waals surface area contributed by atoms with Crippen LogP contribution in [0.5, 0.6) is 0 Å². The van der Waals surface area contributed by atoms with Crippen LogP contribution in [0.25, 0.3) is 0 Å². The number of nitrogens with two attached hydrogens (primary N) is 1. The van der Waals surface area contributed by atoms with Gasteiger partial charge in [0.1, 0.15) is 0 Å². The fraction of sp³-hybridized carbons (Fsp3) is 0.400. The van der Waals surface area contributed by atoms with E-state index >= 15 is 0 Å². The summed E-state index contributed by atoms with van der Waals surface area (Å²) in [6.07, 6.45) is -7.23. The third-order valence-electron chi connectivity index (χ3n) is 2.08. The van der Waals surface area contributed by atoms with Gasteiger partial charge in [0.05, 0.1) is 11.6 Å². The average Bonchev–Trinajstić information content (AvgIpc) is 2.17. The van der Waals surface area contributed by atoms with Crippen LogP contribution in [0.2, 0.25) is 0 Å². The van der Waals surface area contributed by atoms with Crippen molar-refractivity contribution in [3.8, 4) is 0 Å². The van der Waals surface area contributed by atoms with E-state index in [1.807, 2.05) is 0 Å². The Kier molecular flexibility index (Phi) is 3.85. The van der Waals surface area contributed by atoms with Crippen LogP contribution in [0.1, 0.15) is 11.1 Å². The molecule has 0 aliphatic carbocycles. The molecule has 1 unspecified atom stereocenters. The average molecular weight is 239 g/mol. The first-order valence-corrected chi connectivity index (χ1v) is 4.50. The molecule has 1 rings (SSSR count). The van der Waals surface area contributed by atoms with Gasteiger partial charge in [-0.15, -0.1) is 0 Å². The summed E-state index contributed by atoms with van der Waals surface area (Å²) in [7, 11) is 0. The highest BCUT2D eigenvalue weighted by Gasteiger charge is 2.30. The number of rotatable bonds is 3. The Bertz CT molecular complexity index is 330. The van der Waals surface area contributed by atoms with Gasteiger partial charge in [0, 0.05) is 0 Å². The topological polar surface area (TPSA) is 26.0 Å². The van der Waals surface area contributed by atoms with Gasteiger partial charge in [0.2, 0.25) is 0 Å². The molecule has 0 fully saturated rings. The van der Waals surface area contributed by atoms with E-state index < -0.39 is 24.2 Å². The number of hydrogen-bond acceptors (Lipinski definition) is 1.